The topological polar surface area (TPSA) is 71.7 Å². The van der Waals surface area contributed by atoms with E-state index in [1.165, 1.54) is 6.07 Å². The summed E-state index contributed by atoms with van der Waals surface area (Å²) in [6.45, 7) is 1.59. The molecule has 1 amide bonds. The molecule has 3 rings (SSSR count). The number of halogens is 2. The van der Waals surface area contributed by atoms with E-state index < -0.39 is 5.63 Å². The summed E-state index contributed by atoms with van der Waals surface area (Å²) in [5, 5.41) is 5.21. The number of benzene rings is 2. The summed E-state index contributed by atoms with van der Waals surface area (Å²) in [5.41, 5.74) is 3.03. The molecule has 0 aliphatic rings. The Morgan fingerprint density at radius 1 is 1.12 bits per heavy atom. The number of hydrazone groups is 1. The molecule has 0 saturated heterocycles. The summed E-state index contributed by atoms with van der Waals surface area (Å²) in [5.74, 6) is -0.379. The van der Waals surface area contributed by atoms with E-state index in [0.717, 1.165) is 0 Å². The molecule has 126 valence electrons. The van der Waals surface area contributed by atoms with Crippen LogP contribution in [0.3, 0.4) is 0 Å². The molecule has 25 heavy (non-hydrogen) atoms. The van der Waals surface area contributed by atoms with E-state index in [2.05, 4.69) is 10.5 Å². The predicted octanol–water partition coefficient (Wildman–Crippen LogP) is 4.25. The maximum absolute atomic E-state index is 12.2. The van der Waals surface area contributed by atoms with Crippen molar-refractivity contribution in [1.29, 1.82) is 0 Å². The first-order valence-electron chi connectivity index (χ1n) is 7.28. The minimum atomic E-state index is -0.605. The third-order valence-corrected chi connectivity index (χ3v) is 4.00. The SMILES string of the molecule is CC(=NNC(=O)c1ccccc1)c1cc2cc(Cl)cc(Cl)c2oc1=O. The quantitative estimate of drug-likeness (QED) is 0.423. The Bertz CT molecular complexity index is 1040. The smallest absolute Gasteiger partial charge is 0.345 e. The van der Waals surface area contributed by atoms with Gasteiger partial charge >= 0.3 is 5.63 Å². The highest BCUT2D eigenvalue weighted by atomic mass is 35.5. The standard InChI is InChI=1S/C18H12Cl2N2O3/c1-10(21-22-17(23)11-5-3-2-4-6-11)14-8-12-7-13(19)9-15(20)16(12)25-18(14)24/h2-9H,1H3,(H,22,23). The van der Waals surface area contributed by atoms with Gasteiger partial charge in [-0.3, -0.25) is 4.79 Å². The monoisotopic (exact) mass is 374 g/mol. The highest BCUT2D eigenvalue weighted by Gasteiger charge is 2.12. The van der Waals surface area contributed by atoms with Crippen LogP contribution < -0.4 is 11.1 Å². The summed E-state index contributed by atoms with van der Waals surface area (Å²) in [6.07, 6.45) is 0. The van der Waals surface area contributed by atoms with Gasteiger partial charge in [0.15, 0.2) is 5.58 Å². The third kappa shape index (κ3) is 3.73. The average Bonchev–Trinajstić information content (AvgIpc) is 2.60. The van der Waals surface area contributed by atoms with Crippen LogP contribution in [0.25, 0.3) is 11.0 Å². The summed E-state index contributed by atoms with van der Waals surface area (Å²) >= 11 is 12.0. The van der Waals surface area contributed by atoms with E-state index in [9.17, 15) is 9.59 Å². The molecule has 0 radical (unpaired) electrons. The highest BCUT2D eigenvalue weighted by Crippen LogP contribution is 2.27. The molecule has 0 bridgehead atoms. The van der Waals surface area contributed by atoms with Gasteiger partial charge in [-0.1, -0.05) is 41.4 Å². The number of rotatable bonds is 3. The largest absolute Gasteiger partial charge is 0.421 e. The molecule has 0 atom stereocenters. The molecule has 1 N–H and O–H groups in total. The molecular weight excluding hydrogens is 363 g/mol. The first-order valence-corrected chi connectivity index (χ1v) is 8.04. The zero-order chi connectivity index (χ0) is 18.0. The van der Waals surface area contributed by atoms with Crippen molar-refractivity contribution in [1.82, 2.24) is 5.43 Å². The van der Waals surface area contributed by atoms with Crippen molar-refractivity contribution in [3.8, 4) is 0 Å². The minimum absolute atomic E-state index is 0.208. The van der Waals surface area contributed by atoms with Gasteiger partial charge in [0.25, 0.3) is 5.91 Å². The van der Waals surface area contributed by atoms with E-state index in [4.69, 9.17) is 27.6 Å². The minimum Gasteiger partial charge on any atom is -0.421 e. The first-order chi connectivity index (χ1) is 12.0. The zero-order valence-electron chi connectivity index (χ0n) is 13.0. The third-order valence-electron chi connectivity index (χ3n) is 3.50. The Morgan fingerprint density at radius 3 is 2.56 bits per heavy atom. The summed E-state index contributed by atoms with van der Waals surface area (Å²) in [4.78, 5) is 24.2. The molecule has 1 aromatic heterocycles. The second-order valence-corrected chi connectivity index (χ2v) is 6.10. The molecule has 3 aromatic rings. The van der Waals surface area contributed by atoms with Crippen LogP contribution in [-0.4, -0.2) is 11.6 Å². The van der Waals surface area contributed by atoms with Crippen molar-refractivity contribution in [3.63, 3.8) is 0 Å². The van der Waals surface area contributed by atoms with Crippen LogP contribution in [0, 0.1) is 0 Å². The van der Waals surface area contributed by atoms with Crippen LogP contribution in [0.15, 0.2) is 62.8 Å². The molecule has 0 unspecified atom stereocenters. The van der Waals surface area contributed by atoms with Gasteiger partial charge in [0.1, 0.15) is 0 Å². The van der Waals surface area contributed by atoms with Gasteiger partial charge in [0.2, 0.25) is 0 Å². The van der Waals surface area contributed by atoms with Crippen molar-refractivity contribution < 1.29 is 9.21 Å². The van der Waals surface area contributed by atoms with Gasteiger partial charge < -0.3 is 4.42 Å². The second-order valence-electron chi connectivity index (χ2n) is 5.26. The number of fused-ring (bicyclic) bond motifs is 1. The van der Waals surface area contributed by atoms with Crippen molar-refractivity contribution >= 4 is 45.8 Å². The summed E-state index contributed by atoms with van der Waals surface area (Å²) < 4.78 is 5.25. The predicted molar refractivity (Wildman–Crippen MR) is 98.6 cm³/mol. The lowest BCUT2D eigenvalue weighted by molar-refractivity contribution is 0.0955. The first kappa shape index (κ1) is 17.2. The lowest BCUT2D eigenvalue weighted by Crippen LogP contribution is -2.21. The molecular formula is C18H12Cl2N2O3. The van der Waals surface area contributed by atoms with Crippen molar-refractivity contribution in [2.45, 2.75) is 6.92 Å². The molecule has 0 spiro atoms. The van der Waals surface area contributed by atoms with Gasteiger partial charge in [-0.15, -0.1) is 0 Å². The Balaban J connectivity index is 1.94. The van der Waals surface area contributed by atoms with Crippen LogP contribution in [0.4, 0.5) is 0 Å². The summed E-state index contributed by atoms with van der Waals surface area (Å²) in [6, 6.07) is 13.3. The van der Waals surface area contributed by atoms with E-state index >= 15 is 0 Å². The highest BCUT2D eigenvalue weighted by molar-refractivity contribution is 6.38. The number of nitrogens with one attached hydrogen (secondary N) is 1. The van der Waals surface area contributed by atoms with E-state index in [0.29, 0.717) is 21.7 Å². The van der Waals surface area contributed by atoms with Gasteiger partial charge in [-0.05, 0) is 37.3 Å². The van der Waals surface area contributed by atoms with E-state index in [1.807, 2.05) is 6.07 Å². The number of nitrogens with zero attached hydrogens (tertiary/aromatic N) is 1. The van der Waals surface area contributed by atoms with Crippen molar-refractivity contribution in [3.05, 3.63) is 80.1 Å². The molecule has 2 aromatic carbocycles. The second kappa shape index (κ2) is 7.09. The average molecular weight is 375 g/mol. The molecule has 0 aliphatic carbocycles. The van der Waals surface area contributed by atoms with Crippen LogP contribution in [0.2, 0.25) is 10.0 Å². The summed E-state index contributed by atoms with van der Waals surface area (Å²) in [7, 11) is 0. The molecule has 0 saturated carbocycles. The van der Waals surface area contributed by atoms with E-state index in [-0.39, 0.29) is 22.1 Å². The Kier molecular flexibility index (Phi) is 4.88. The lowest BCUT2D eigenvalue weighted by atomic mass is 10.1. The van der Waals surface area contributed by atoms with Gasteiger partial charge in [-0.25, -0.2) is 10.2 Å². The Morgan fingerprint density at radius 2 is 1.84 bits per heavy atom. The fraction of sp³-hybridized carbons (Fsp3) is 0.0556. The number of carbonyl (C=O) groups excluding carboxylic acids is 1. The number of hydrogen-bond acceptors (Lipinski definition) is 4. The van der Waals surface area contributed by atoms with E-state index in [1.54, 1.807) is 43.3 Å². The maximum atomic E-state index is 12.2. The normalized spacial score (nSPS) is 11.6. The number of carbonyl (C=O) groups is 1. The molecule has 0 aliphatic heterocycles. The zero-order valence-corrected chi connectivity index (χ0v) is 14.6. The molecule has 1 heterocycles. The van der Waals surface area contributed by atoms with Gasteiger partial charge in [0.05, 0.1) is 16.3 Å². The Hall–Kier alpha value is -2.63. The van der Waals surface area contributed by atoms with Gasteiger partial charge in [-0.2, -0.15) is 5.10 Å². The van der Waals surface area contributed by atoms with Crippen LogP contribution in [0.1, 0.15) is 22.8 Å². The molecule has 7 heteroatoms. The maximum Gasteiger partial charge on any atom is 0.345 e. The molecule has 5 nitrogen and oxygen atoms in total. The molecule has 0 fully saturated rings. The fourth-order valence-electron chi connectivity index (χ4n) is 2.26. The van der Waals surface area contributed by atoms with Crippen LogP contribution in [-0.2, 0) is 0 Å². The van der Waals surface area contributed by atoms with Crippen molar-refractivity contribution in [2.75, 3.05) is 0 Å². The number of hydrogen-bond donors (Lipinski definition) is 1. The number of amides is 1. The van der Waals surface area contributed by atoms with Gasteiger partial charge in [0, 0.05) is 16.0 Å². The lowest BCUT2D eigenvalue weighted by Gasteiger charge is -2.05. The van der Waals surface area contributed by atoms with Crippen LogP contribution >= 0.6 is 23.2 Å². The van der Waals surface area contributed by atoms with Crippen LogP contribution in [0.5, 0.6) is 0 Å². The van der Waals surface area contributed by atoms with Crippen molar-refractivity contribution in [2.24, 2.45) is 5.10 Å². The Labute approximate surface area is 152 Å². The fourth-order valence-corrected chi connectivity index (χ4v) is 2.81.